The van der Waals surface area contributed by atoms with Gasteiger partial charge in [0.25, 0.3) is 0 Å². The molecule has 0 radical (unpaired) electrons. The summed E-state index contributed by atoms with van der Waals surface area (Å²) >= 11 is 0. The van der Waals surface area contributed by atoms with Crippen LogP contribution in [0.5, 0.6) is 5.75 Å². The van der Waals surface area contributed by atoms with Crippen LogP contribution in [0.15, 0.2) is 46.2 Å². The first-order valence-electron chi connectivity index (χ1n) is 8.36. The summed E-state index contributed by atoms with van der Waals surface area (Å²) in [6.07, 6.45) is 0. The van der Waals surface area contributed by atoms with Gasteiger partial charge in [0, 0.05) is 43.8 Å². The Balaban J connectivity index is 0.00000175. The molecule has 4 rings (SSSR count). The van der Waals surface area contributed by atoms with Crippen molar-refractivity contribution in [2.75, 3.05) is 0 Å². The molecule has 0 heterocycles. The van der Waals surface area contributed by atoms with Crippen molar-refractivity contribution in [2.24, 2.45) is 0 Å². The van der Waals surface area contributed by atoms with Crippen LogP contribution in [0.2, 0.25) is 0 Å². The third kappa shape index (κ3) is 4.31. The molecule has 0 aliphatic heterocycles. The van der Waals surface area contributed by atoms with Crippen LogP contribution in [0.1, 0.15) is 19.4 Å². The molecule has 0 aliphatic rings. The molecule has 4 aromatic carbocycles. The van der Waals surface area contributed by atoms with Crippen molar-refractivity contribution >= 4 is 52.6 Å². The molecule has 1 N–H and O–H groups in total. The Labute approximate surface area is 184 Å². The summed E-state index contributed by atoms with van der Waals surface area (Å²) in [4.78, 5) is -1.04. The van der Waals surface area contributed by atoms with E-state index >= 15 is 0 Å². The molecule has 9 heteroatoms. The lowest BCUT2D eigenvalue weighted by molar-refractivity contribution is 0.458. The molecule has 0 atom stereocenters. The van der Waals surface area contributed by atoms with Crippen molar-refractivity contribution in [1.29, 1.82) is 0 Å². The quantitative estimate of drug-likeness (QED) is 0.255. The molecule has 7 nitrogen and oxygen atoms in total. The monoisotopic (exact) mass is 465 g/mol. The fraction of sp³-hybridized carbons (Fsp3) is 0.136. The van der Waals surface area contributed by atoms with Gasteiger partial charge in [-0.2, -0.15) is 0 Å². The van der Waals surface area contributed by atoms with E-state index in [1.165, 1.54) is 18.2 Å². The van der Waals surface area contributed by atoms with Gasteiger partial charge in [-0.15, -0.1) is 0 Å². The summed E-state index contributed by atoms with van der Waals surface area (Å²) in [5, 5.41) is 11.8. The van der Waals surface area contributed by atoms with Gasteiger partial charge in [-0.3, -0.25) is 0 Å². The second kappa shape index (κ2) is 9.11. The SMILES string of the molecule is CC.Cc1cc(S(=O)(=O)[O-])c2ccc3c(S(=O)(=O)[O-])cc(O)c4ccc1c2c43.[CH3+].[CH3+].[CH3+]. The normalized spacial score (nSPS) is 11.3. The highest BCUT2D eigenvalue weighted by atomic mass is 32.2. The molecule has 0 amide bonds. The van der Waals surface area contributed by atoms with E-state index in [2.05, 4.69) is 0 Å². The molecular formula is C22H25O7S2+. The first-order chi connectivity index (χ1) is 13.0. The van der Waals surface area contributed by atoms with Crippen LogP contribution in [0, 0.1) is 29.2 Å². The van der Waals surface area contributed by atoms with Crippen LogP contribution >= 0.6 is 0 Å². The molecule has 166 valence electrons. The number of hydrogen-bond donors (Lipinski definition) is 1. The van der Waals surface area contributed by atoms with Crippen molar-refractivity contribution < 1.29 is 31.0 Å². The maximum absolute atomic E-state index is 11.7. The fourth-order valence-electron chi connectivity index (χ4n) is 3.49. The molecular weight excluding hydrogens is 440 g/mol. The van der Waals surface area contributed by atoms with Crippen LogP contribution in [0.3, 0.4) is 0 Å². The third-order valence-corrected chi connectivity index (χ3v) is 6.30. The zero-order chi connectivity index (χ0) is 21.0. The highest BCUT2D eigenvalue weighted by Gasteiger charge is 2.20. The first-order valence-corrected chi connectivity index (χ1v) is 11.2. The van der Waals surface area contributed by atoms with Crippen LogP contribution in [-0.4, -0.2) is 31.0 Å². The Morgan fingerprint density at radius 3 is 1.48 bits per heavy atom. The second-order valence-electron chi connectivity index (χ2n) is 6.07. The van der Waals surface area contributed by atoms with Gasteiger partial charge in [-0.25, -0.2) is 16.8 Å². The standard InChI is InChI=1S/C17H12O7S2.C2H6.3CH3/c1-8-6-14(25(19,20)21)11-4-5-12-15(26(22,23)24)7-13(18)10-3-2-9(8)16(11)17(10)12;1-2;;;/h2-7,18H,1H3,(H,19,20,21)(H,22,23,24);1-2H3;3*1H3/q;;3*+1/p-2. The number of benzene rings is 4. The minimum absolute atomic E-state index is 0. The summed E-state index contributed by atoms with van der Waals surface area (Å²) < 4.78 is 69.9. The smallest absolute Gasteiger partial charge is 0.125 e. The molecule has 0 fully saturated rings. The van der Waals surface area contributed by atoms with Crippen molar-refractivity contribution in [1.82, 2.24) is 0 Å². The molecule has 0 spiro atoms. The summed E-state index contributed by atoms with van der Waals surface area (Å²) in [6, 6.07) is 7.92. The van der Waals surface area contributed by atoms with Crippen molar-refractivity contribution in [3.8, 4) is 5.75 Å². The number of hydrogen-bond acceptors (Lipinski definition) is 7. The van der Waals surface area contributed by atoms with Crippen molar-refractivity contribution in [3.63, 3.8) is 0 Å². The van der Waals surface area contributed by atoms with Gasteiger partial charge < -0.3 is 14.2 Å². The van der Waals surface area contributed by atoms with Crippen LogP contribution in [0.4, 0.5) is 0 Å². The Morgan fingerprint density at radius 2 is 1.03 bits per heavy atom. The molecule has 0 saturated heterocycles. The lowest BCUT2D eigenvalue weighted by Crippen LogP contribution is -2.03. The van der Waals surface area contributed by atoms with Crippen LogP contribution in [-0.2, 0) is 20.2 Å². The maximum Gasteiger partial charge on any atom is 0.125 e. The lowest BCUT2D eigenvalue weighted by Gasteiger charge is -2.20. The lowest BCUT2D eigenvalue weighted by atomic mass is 9.92. The van der Waals surface area contributed by atoms with Crippen LogP contribution in [0.25, 0.3) is 32.3 Å². The van der Waals surface area contributed by atoms with Gasteiger partial charge in [0.15, 0.2) is 0 Å². The molecule has 31 heavy (non-hydrogen) atoms. The molecule has 0 bridgehead atoms. The van der Waals surface area contributed by atoms with E-state index in [4.69, 9.17) is 0 Å². The summed E-state index contributed by atoms with van der Waals surface area (Å²) in [7, 11) is -9.68. The zero-order valence-electron chi connectivity index (χ0n) is 18.2. The van der Waals surface area contributed by atoms with E-state index in [1.807, 2.05) is 13.8 Å². The number of phenols is 1. The van der Waals surface area contributed by atoms with E-state index in [0.29, 0.717) is 16.3 Å². The average molecular weight is 466 g/mol. The number of aryl methyl sites for hydroxylation is 1. The number of phenolic OH excluding ortho intramolecular Hbond substituents is 1. The van der Waals surface area contributed by atoms with Crippen LogP contribution < -0.4 is 0 Å². The molecule has 0 aromatic heterocycles. The zero-order valence-corrected chi connectivity index (χ0v) is 19.8. The topological polar surface area (TPSA) is 135 Å². The highest BCUT2D eigenvalue weighted by Crippen LogP contribution is 2.43. The average Bonchev–Trinajstić information content (AvgIpc) is 2.62. The number of rotatable bonds is 2. The van der Waals surface area contributed by atoms with E-state index < -0.39 is 35.8 Å². The second-order valence-corrected chi connectivity index (χ2v) is 8.76. The van der Waals surface area contributed by atoms with Gasteiger partial charge in [-0.1, -0.05) is 32.0 Å². The molecule has 4 aromatic rings. The van der Waals surface area contributed by atoms with Gasteiger partial charge in [0.2, 0.25) is 0 Å². The molecule has 0 aliphatic carbocycles. The molecule has 0 saturated carbocycles. The number of aromatic hydroxyl groups is 1. The van der Waals surface area contributed by atoms with Crippen molar-refractivity contribution in [3.05, 3.63) is 64.2 Å². The van der Waals surface area contributed by atoms with Gasteiger partial charge in [-0.05, 0) is 41.5 Å². The summed E-state index contributed by atoms with van der Waals surface area (Å²) in [5.74, 6) is -0.422. The van der Waals surface area contributed by atoms with E-state index in [-0.39, 0.29) is 43.8 Å². The van der Waals surface area contributed by atoms with Gasteiger partial charge in [0.05, 0.1) is 9.79 Å². The van der Waals surface area contributed by atoms with E-state index in [0.717, 1.165) is 6.07 Å². The van der Waals surface area contributed by atoms with E-state index in [9.17, 15) is 31.0 Å². The Morgan fingerprint density at radius 1 is 0.677 bits per heavy atom. The Hall–Kier alpha value is -2.85. The molecule has 0 unspecified atom stereocenters. The summed E-state index contributed by atoms with van der Waals surface area (Å²) in [6.45, 7) is 5.62. The van der Waals surface area contributed by atoms with E-state index in [1.54, 1.807) is 19.1 Å². The third-order valence-electron chi connectivity index (χ3n) is 4.55. The Kier molecular flexibility index (Phi) is 8.27. The largest absolute Gasteiger partial charge is 0.744 e. The minimum Gasteiger partial charge on any atom is -0.744 e. The Bertz CT molecular complexity index is 1330. The predicted molar refractivity (Wildman–Crippen MR) is 123 cm³/mol. The van der Waals surface area contributed by atoms with Gasteiger partial charge >= 0.3 is 0 Å². The fourth-order valence-corrected chi connectivity index (χ4v) is 4.95. The minimum atomic E-state index is -4.89. The first kappa shape index (κ1) is 28.2. The predicted octanol–water partition coefficient (Wildman–Crippen LogP) is 4.78. The summed E-state index contributed by atoms with van der Waals surface area (Å²) in [5.41, 5.74) is 0.496. The maximum atomic E-state index is 11.7. The van der Waals surface area contributed by atoms with Crippen molar-refractivity contribution in [2.45, 2.75) is 30.6 Å². The highest BCUT2D eigenvalue weighted by molar-refractivity contribution is 7.86. The van der Waals surface area contributed by atoms with Gasteiger partial charge in [0.1, 0.15) is 26.0 Å².